The monoisotopic (exact) mass is 606 g/mol. The number of carbonyl (C=O) groups is 2. The predicted molar refractivity (Wildman–Crippen MR) is 170 cm³/mol. The van der Waals surface area contributed by atoms with Crippen molar-refractivity contribution in [2.24, 2.45) is 23.2 Å². The maximum Gasteiger partial charge on any atom is 0.313 e. The third-order valence-electron chi connectivity index (χ3n) is 10.1. The first-order valence-electron chi connectivity index (χ1n) is 15.7. The van der Waals surface area contributed by atoms with E-state index in [4.69, 9.17) is 18.9 Å². The van der Waals surface area contributed by atoms with Crippen molar-refractivity contribution in [2.45, 2.75) is 44.6 Å². The lowest BCUT2D eigenvalue weighted by molar-refractivity contribution is -0.177. The van der Waals surface area contributed by atoms with Crippen LogP contribution in [0.15, 0.2) is 79.0 Å². The lowest BCUT2D eigenvalue weighted by Crippen LogP contribution is -2.55. The Morgan fingerprint density at radius 3 is 2.40 bits per heavy atom. The number of fused-ring (bicyclic) bond motifs is 1. The second-order valence-corrected chi connectivity index (χ2v) is 12.8. The number of nitrogens with zero attached hydrogens (tertiary/aromatic N) is 1. The normalized spacial score (nSPS) is 24.7. The van der Waals surface area contributed by atoms with Crippen LogP contribution in [0.2, 0.25) is 0 Å². The van der Waals surface area contributed by atoms with Crippen molar-refractivity contribution >= 4 is 28.5 Å². The second kappa shape index (κ2) is 12.1. The van der Waals surface area contributed by atoms with Crippen LogP contribution in [-0.4, -0.2) is 37.7 Å². The lowest BCUT2D eigenvalue weighted by Gasteiger charge is -2.59. The zero-order valence-corrected chi connectivity index (χ0v) is 25.7. The van der Waals surface area contributed by atoms with Crippen LogP contribution in [0.25, 0.3) is 10.9 Å². The molecule has 4 aliphatic rings. The van der Waals surface area contributed by atoms with Gasteiger partial charge in [-0.25, -0.2) is 0 Å². The minimum absolute atomic E-state index is 0.0960. The summed E-state index contributed by atoms with van der Waals surface area (Å²) in [6.07, 6.45) is 6.99. The fraction of sp³-hybridized carbons (Fsp3) is 0.378. The van der Waals surface area contributed by atoms with Gasteiger partial charge in [-0.05, 0) is 97.4 Å². The summed E-state index contributed by atoms with van der Waals surface area (Å²) in [7, 11) is 3.20. The average Bonchev–Trinajstić information content (AvgIpc) is 3.06. The van der Waals surface area contributed by atoms with Crippen LogP contribution in [-0.2, 0) is 20.9 Å². The van der Waals surface area contributed by atoms with E-state index < -0.39 is 5.41 Å². The van der Waals surface area contributed by atoms with E-state index in [-0.39, 0.29) is 31.0 Å². The number of amides is 1. The molecule has 4 aliphatic carbocycles. The summed E-state index contributed by atoms with van der Waals surface area (Å²) in [5.41, 5.74) is 2.87. The third-order valence-corrected chi connectivity index (χ3v) is 10.1. The number of rotatable bonds is 10. The highest BCUT2D eigenvalue weighted by Crippen LogP contribution is 2.66. The molecule has 0 radical (unpaired) electrons. The first-order valence-corrected chi connectivity index (χ1v) is 15.7. The summed E-state index contributed by atoms with van der Waals surface area (Å²) in [5.74, 6) is 3.22. The predicted octanol–water partition coefficient (Wildman–Crippen LogP) is 6.92. The van der Waals surface area contributed by atoms with E-state index in [2.05, 4.69) is 22.4 Å². The molecule has 8 heteroatoms. The Morgan fingerprint density at radius 1 is 0.889 bits per heavy atom. The number of anilines is 1. The topological polar surface area (TPSA) is 96.0 Å². The highest BCUT2D eigenvalue weighted by Gasteiger charge is 2.61. The molecule has 4 aromatic rings. The van der Waals surface area contributed by atoms with E-state index in [0.29, 0.717) is 40.7 Å². The van der Waals surface area contributed by atoms with Gasteiger partial charge in [0.25, 0.3) is 5.91 Å². The van der Waals surface area contributed by atoms with Gasteiger partial charge in [0.2, 0.25) is 0 Å². The molecule has 1 amide bonds. The zero-order chi connectivity index (χ0) is 31.0. The molecule has 1 aromatic heterocycles. The van der Waals surface area contributed by atoms with Crippen molar-refractivity contribution in [3.8, 4) is 17.2 Å². The van der Waals surface area contributed by atoms with Crippen molar-refractivity contribution in [1.82, 2.24) is 4.98 Å². The lowest BCUT2D eigenvalue weighted by atomic mass is 9.44. The number of nitrogens with one attached hydrogen (secondary N) is 1. The number of benzene rings is 3. The molecule has 8 nitrogen and oxygen atoms in total. The van der Waals surface area contributed by atoms with Crippen LogP contribution in [0.5, 0.6) is 17.2 Å². The molecule has 0 spiro atoms. The Labute approximate surface area is 263 Å². The smallest absolute Gasteiger partial charge is 0.313 e. The minimum Gasteiger partial charge on any atom is -0.493 e. The van der Waals surface area contributed by atoms with Crippen LogP contribution in [0.4, 0.5) is 5.69 Å². The highest BCUT2D eigenvalue weighted by atomic mass is 16.5. The summed E-state index contributed by atoms with van der Waals surface area (Å²) in [4.78, 5) is 31.2. The van der Waals surface area contributed by atoms with Gasteiger partial charge in [0.05, 0.1) is 30.8 Å². The van der Waals surface area contributed by atoms with Crippen LogP contribution in [0.1, 0.15) is 49.1 Å². The number of hydrogen-bond acceptors (Lipinski definition) is 7. The number of aromatic nitrogens is 1. The molecule has 1 N–H and O–H groups in total. The molecule has 3 unspecified atom stereocenters. The Bertz CT molecular complexity index is 1700. The Morgan fingerprint density at radius 2 is 1.64 bits per heavy atom. The van der Waals surface area contributed by atoms with Gasteiger partial charge in [-0.15, -0.1) is 0 Å². The summed E-state index contributed by atoms with van der Waals surface area (Å²) in [6.45, 7) is 0.0712. The molecule has 232 valence electrons. The van der Waals surface area contributed by atoms with Gasteiger partial charge in [0.1, 0.15) is 12.4 Å². The van der Waals surface area contributed by atoms with Gasteiger partial charge in [0.15, 0.2) is 18.1 Å². The number of hydrogen-bond donors (Lipinski definition) is 1. The van der Waals surface area contributed by atoms with Gasteiger partial charge < -0.3 is 24.3 Å². The first-order chi connectivity index (χ1) is 22.0. The second-order valence-electron chi connectivity index (χ2n) is 12.8. The zero-order valence-electron chi connectivity index (χ0n) is 25.7. The molecule has 8 rings (SSSR count). The van der Waals surface area contributed by atoms with E-state index in [9.17, 15) is 9.59 Å². The van der Waals surface area contributed by atoms with Gasteiger partial charge in [0, 0.05) is 17.5 Å². The van der Waals surface area contributed by atoms with E-state index in [1.54, 1.807) is 20.4 Å². The van der Waals surface area contributed by atoms with E-state index in [1.807, 2.05) is 60.7 Å². The Kier molecular flexibility index (Phi) is 7.81. The minimum atomic E-state index is -0.528. The standard InChI is InChI=1S/C37H38N2O6/c1-42-31-13-8-23(18-32(31)43-2)21-45-36(41)37-19-24-15-25(20-37)17-28(16-24)34(37)26-9-11-29(12-10-26)44-22-33(40)39-30-7-3-5-27-6-4-14-38-35(27)30/h3-14,18,24-25,28,34H,15-17,19-22H2,1-2H3,(H,39,40). The molecule has 45 heavy (non-hydrogen) atoms. The van der Waals surface area contributed by atoms with Crippen LogP contribution < -0.4 is 19.5 Å². The van der Waals surface area contributed by atoms with Gasteiger partial charge in [-0.1, -0.05) is 36.4 Å². The van der Waals surface area contributed by atoms with Crippen LogP contribution in [0, 0.1) is 23.2 Å². The van der Waals surface area contributed by atoms with Crippen molar-refractivity contribution in [1.29, 1.82) is 0 Å². The van der Waals surface area contributed by atoms with Crippen molar-refractivity contribution in [3.63, 3.8) is 0 Å². The molecule has 3 atom stereocenters. The van der Waals surface area contributed by atoms with Crippen molar-refractivity contribution < 1.29 is 28.5 Å². The fourth-order valence-electron chi connectivity index (χ4n) is 8.50. The average molecular weight is 607 g/mol. The molecule has 4 saturated carbocycles. The number of ether oxygens (including phenoxy) is 4. The van der Waals surface area contributed by atoms with Crippen molar-refractivity contribution in [2.75, 3.05) is 26.1 Å². The Hall–Kier alpha value is -4.59. The van der Waals surface area contributed by atoms with E-state index in [1.165, 1.54) is 6.42 Å². The largest absolute Gasteiger partial charge is 0.493 e. The SMILES string of the molecule is COc1ccc(COC(=O)C23CC4CC(CC(C4)C2c2ccc(OCC(=O)Nc4cccc5cccnc45)cc2)C3)cc1OC. The van der Waals surface area contributed by atoms with Crippen LogP contribution in [0.3, 0.4) is 0 Å². The summed E-state index contributed by atoms with van der Waals surface area (Å²) >= 11 is 0. The molecule has 4 bridgehead atoms. The molecule has 3 aromatic carbocycles. The van der Waals surface area contributed by atoms with Gasteiger partial charge >= 0.3 is 5.97 Å². The fourth-order valence-corrected chi connectivity index (χ4v) is 8.50. The number of carbonyl (C=O) groups excluding carboxylic acids is 2. The maximum absolute atomic E-state index is 14.1. The Balaban J connectivity index is 1.04. The first kappa shape index (κ1) is 29.1. The molecule has 1 heterocycles. The summed E-state index contributed by atoms with van der Waals surface area (Å²) in [6, 6.07) is 23.1. The third kappa shape index (κ3) is 5.58. The number of para-hydroxylation sites is 1. The summed E-state index contributed by atoms with van der Waals surface area (Å²) in [5, 5.41) is 3.87. The molecular formula is C37H38N2O6. The number of methoxy groups -OCH3 is 2. The van der Waals surface area contributed by atoms with Gasteiger partial charge in [-0.2, -0.15) is 0 Å². The quantitative estimate of drug-likeness (QED) is 0.196. The van der Waals surface area contributed by atoms with E-state index in [0.717, 1.165) is 47.7 Å². The van der Waals surface area contributed by atoms with Gasteiger partial charge in [-0.3, -0.25) is 14.6 Å². The van der Waals surface area contributed by atoms with E-state index >= 15 is 0 Å². The molecular weight excluding hydrogens is 568 g/mol. The molecule has 4 fully saturated rings. The molecule has 0 aliphatic heterocycles. The number of pyridine rings is 1. The van der Waals surface area contributed by atoms with Crippen molar-refractivity contribution in [3.05, 3.63) is 90.1 Å². The van der Waals surface area contributed by atoms with Crippen LogP contribution >= 0.6 is 0 Å². The summed E-state index contributed by atoms with van der Waals surface area (Å²) < 4.78 is 22.8. The number of esters is 1. The highest BCUT2D eigenvalue weighted by molar-refractivity contribution is 6.00. The maximum atomic E-state index is 14.1. The molecule has 0 saturated heterocycles.